The third kappa shape index (κ3) is 1.91. The molecular weight excluding hydrogens is 206 g/mol. The van der Waals surface area contributed by atoms with Crippen molar-refractivity contribution in [2.24, 2.45) is 11.1 Å². The van der Waals surface area contributed by atoms with Gasteiger partial charge in [-0.1, -0.05) is 29.4 Å². The van der Waals surface area contributed by atoms with Crippen LogP contribution in [-0.2, 0) is 17.6 Å². The van der Waals surface area contributed by atoms with Gasteiger partial charge in [0, 0.05) is 5.92 Å². The van der Waals surface area contributed by atoms with Gasteiger partial charge in [-0.15, -0.1) is 0 Å². The Labute approximate surface area is 93.2 Å². The largest absolute Gasteiger partial charge is 0.477 e. The van der Waals surface area contributed by atoms with Gasteiger partial charge in [0.1, 0.15) is 0 Å². The van der Waals surface area contributed by atoms with Crippen LogP contribution in [0, 0.1) is 5.92 Å². The summed E-state index contributed by atoms with van der Waals surface area (Å²) in [5.74, 6) is -1.32. The Hall–Kier alpha value is -1.84. The summed E-state index contributed by atoms with van der Waals surface area (Å²) in [5.41, 5.74) is 2.29. The van der Waals surface area contributed by atoms with Crippen molar-refractivity contribution in [1.82, 2.24) is 0 Å². The first-order valence-corrected chi connectivity index (χ1v) is 5.24. The minimum atomic E-state index is -1.13. The molecule has 2 rings (SSSR count). The van der Waals surface area contributed by atoms with Gasteiger partial charge >= 0.3 is 5.97 Å². The van der Waals surface area contributed by atoms with Crippen molar-refractivity contribution >= 4 is 11.7 Å². The van der Waals surface area contributed by atoms with Crippen LogP contribution in [-0.4, -0.2) is 22.0 Å². The minimum Gasteiger partial charge on any atom is -0.477 e. The summed E-state index contributed by atoms with van der Waals surface area (Å²) in [4.78, 5) is 10.9. The predicted octanol–water partition coefficient (Wildman–Crippen LogP) is 1.71. The van der Waals surface area contributed by atoms with Crippen LogP contribution in [0.5, 0.6) is 0 Å². The Balaban J connectivity index is 2.23. The molecule has 4 nitrogen and oxygen atoms in total. The first-order valence-electron chi connectivity index (χ1n) is 5.24. The molecule has 0 aliphatic heterocycles. The van der Waals surface area contributed by atoms with E-state index in [1.807, 2.05) is 18.2 Å². The average molecular weight is 219 g/mol. The number of oxime groups is 1. The van der Waals surface area contributed by atoms with E-state index in [4.69, 9.17) is 10.3 Å². The SMILES string of the molecule is O=C(O)C(=NO)C1CCc2ccccc2C1. The quantitative estimate of drug-likeness (QED) is 0.452. The lowest BCUT2D eigenvalue weighted by atomic mass is 9.81. The number of carboxylic acids is 1. The third-order valence-electron chi connectivity index (χ3n) is 3.06. The second-order valence-electron chi connectivity index (χ2n) is 4.00. The van der Waals surface area contributed by atoms with Crippen molar-refractivity contribution in [3.8, 4) is 0 Å². The lowest BCUT2D eigenvalue weighted by Crippen LogP contribution is -2.28. The van der Waals surface area contributed by atoms with E-state index in [2.05, 4.69) is 11.2 Å². The first-order chi connectivity index (χ1) is 7.72. The van der Waals surface area contributed by atoms with Crippen LogP contribution in [0.4, 0.5) is 0 Å². The fraction of sp³-hybridized carbons (Fsp3) is 0.333. The maximum absolute atomic E-state index is 10.9. The third-order valence-corrected chi connectivity index (χ3v) is 3.06. The summed E-state index contributed by atoms with van der Waals surface area (Å²) in [6, 6.07) is 7.98. The van der Waals surface area contributed by atoms with Crippen molar-refractivity contribution in [3.05, 3.63) is 35.4 Å². The highest BCUT2D eigenvalue weighted by atomic mass is 16.4. The van der Waals surface area contributed by atoms with Crippen LogP contribution in [0.15, 0.2) is 29.4 Å². The van der Waals surface area contributed by atoms with Gasteiger partial charge < -0.3 is 10.3 Å². The number of carboxylic acid groups (broad SMARTS) is 1. The molecule has 0 aromatic heterocycles. The zero-order valence-electron chi connectivity index (χ0n) is 8.76. The Kier molecular flexibility index (Phi) is 2.90. The number of carbonyl (C=O) groups is 1. The molecule has 0 bridgehead atoms. The molecule has 0 saturated heterocycles. The standard InChI is InChI=1S/C12H13NO3/c14-12(15)11(13-16)10-6-5-8-3-1-2-4-9(8)7-10/h1-4,10,16H,5-7H2,(H,14,15). The summed E-state index contributed by atoms with van der Waals surface area (Å²) in [6.07, 6.45) is 2.21. The van der Waals surface area contributed by atoms with E-state index in [0.717, 1.165) is 18.4 Å². The number of benzene rings is 1. The van der Waals surface area contributed by atoms with Crippen molar-refractivity contribution in [1.29, 1.82) is 0 Å². The molecule has 1 aromatic carbocycles. The normalized spacial score (nSPS) is 20.2. The van der Waals surface area contributed by atoms with E-state index >= 15 is 0 Å². The summed E-state index contributed by atoms with van der Waals surface area (Å²) in [5, 5.41) is 20.5. The molecule has 1 aliphatic rings. The van der Waals surface area contributed by atoms with Gasteiger partial charge in [0.15, 0.2) is 5.71 Å². The number of aliphatic carboxylic acids is 1. The Morgan fingerprint density at radius 1 is 1.31 bits per heavy atom. The number of hydrogen-bond acceptors (Lipinski definition) is 3. The van der Waals surface area contributed by atoms with Crippen molar-refractivity contribution in [2.75, 3.05) is 0 Å². The fourth-order valence-electron chi connectivity index (χ4n) is 2.23. The molecule has 0 amide bonds. The van der Waals surface area contributed by atoms with Crippen LogP contribution in [0.2, 0.25) is 0 Å². The van der Waals surface area contributed by atoms with Gasteiger partial charge in [0.2, 0.25) is 0 Å². The van der Waals surface area contributed by atoms with Crippen LogP contribution in [0.3, 0.4) is 0 Å². The summed E-state index contributed by atoms with van der Waals surface area (Å²) in [7, 11) is 0. The van der Waals surface area contributed by atoms with Crippen LogP contribution < -0.4 is 0 Å². The van der Waals surface area contributed by atoms with Gasteiger partial charge in [-0.25, -0.2) is 4.79 Å². The molecule has 1 aromatic rings. The van der Waals surface area contributed by atoms with Crippen LogP contribution >= 0.6 is 0 Å². The zero-order valence-corrected chi connectivity index (χ0v) is 8.76. The minimum absolute atomic E-state index is 0.130. The van der Waals surface area contributed by atoms with E-state index in [1.165, 1.54) is 5.56 Å². The lowest BCUT2D eigenvalue weighted by Gasteiger charge is -2.23. The smallest absolute Gasteiger partial charge is 0.353 e. The number of fused-ring (bicyclic) bond motifs is 1. The highest BCUT2D eigenvalue weighted by Crippen LogP contribution is 2.26. The molecule has 1 atom stereocenters. The zero-order chi connectivity index (χ0) is 11.5. The predicted molar refractivity (Wildman–Crippen MR) is 58.8 cm³/mol. The topological polar surface area (TPSA) is 69.9 Å². The molecule has 84 valence electrons. The van der Waals surface area contributed by atoms with E-state index in [-0.39, 0.29) is 11.6 Å². The monoisotopic (exact) mass is 219 g/mol. The highest BCUT2D eigenvalue weighted by molar-refractivity contribution is 6.36. The Bertz CT molecular complexity index is 440. The van der Waals surface area contributed by atoms with Gasteiger partial charge in [-0.05, 0) is 30.4 Å². The molecule has 0 radical (unpaired) electrons. The van der Waals surface area contributed by atoms with E-state index in [9.17, 15) is 4.79 Å². The molecule has 1 unspecified atom stereocenters. The second-order valence-corrected chi connectivity index (χ2v) is 4.00. The number of aryl methyl sites for hydroxylation is 1. The van der Waals surface area contributed by atoms with Crippen LogP contribution in [0.25, 0.3) is 0 Å². The highest BCUT2D eigenvalue weighted by Gasteiger charge is 2.27. The van der Waals surface area contributed by atoms with E-state index < -0.39 is 5.97 Å². The van der Waals surface area contributed by atoms with Gasteiger partial charge in [0.25, 0.3) is 0 Å². The molecule has 1 aliphatic carbocycles. The van der Waals surface area contributed by atoms with Crippen molar-refractivity contribution in [2.45, 2.75) is 19.3 Å². The summed E-state index contributed by atoms with van der Waals surface area (Å²) >= 11 is 0. The second kappa shape index (κ2) is 4.35. The molecule has 16 heavy (non-hydrogen) atoms. The Morgan fingerprint density at radius 3 is 2.62 bits per heavy atom. The Morgan fingerprint density at radius 2 is 2.00 bits per heavy atom. The number of nitrogens with zero attached hydrogens (tertiary/aromatic N) is 1. The lowest BCUT2D eigenvalue weighted by molar-refractivity contribution is -0.129. The molecule has 2 N–H and O–H groups in total. The summed E-state index contributed by atoms with van der Waals surface area (Å²) < 4.78 is 0. The number of rotatable bonds is 2. The molecule has 0 spiro atoms. The van der Waals surface area contributed by atoms with Gasteiger partial charge in [0.05, 0.1) is 0 Å². The molecule has 0 heterocycles. The first kappa shape index (κ1) is 10.7. The van der Waals surface area contributed by atoms with Crippen molar-refractivity contribution < 1.29 is 15.1 Å². The maximum atomic E-state index is 10.9. The molecule has 0 saturated carbocycles. The molecular formula is C12H13NO3. The number of hydrogen-bond donors (Lipinski definition) is 2. The van der Waals surface area contributed by atoms with Crippen molar-refractivity contribution in [3.63, 3.8) is 0 Å². The molecule has 4 heteroatoms. The summed E-state index contributed by atoms with van der Waals surface area (Å²) in [6.45, 7) is 0. The van der Waals surface area contributed by atoms with Crippen LogP contribution in [0.1, 0.15) is 17.5 Å². The average Bonchev–Trinajstić information content (AvgIpc) is 2.29. The van der Waals surface area contributed by atoms with E-state index in [0.29, 0.717) is 6.42 Å². The van der Waals surface area contributed by atoms with E-state index in [1.54, 1.807) is 0 Å². The molecule has 0 fully saturated rings. The maximum Gasteiger partial charge on any atom is 0.353 e. The van der Waals surface area contributed by atoms with Gasteiger partial charge in [-0.2, -0.15) is 0 Å². The van der Waals surface area contributed by atoms with Gasteiger partial charge in [-0.3, -0.25) is 0 Å². The fourth-order valence-corrected chi connectivity index (χ4v) is 2.23.